The number of thioether (sulfide) groups is 1. The van der Waals surface area contributed by atoms with Gasteiger partial charge in [-0.3, -0.25) is 4.21 Å². The summed E-state index contributed by atoms with van der Waals surface area (Å²) in [6.45, 7) is 6.19. The molecule has 0 aliphatic carbocycles. The molecule has 0 N–H and O–H groups in total. The SMILES string of the molecule is CCSC(CC)S(=O)CC. The molecule has 3 heteroatoms. The highest BCUT2D eigenvalue weighted by Crippen LogP contribution is 2.17. The maximum atomic E-state index is 11.2. The van der Waals surface area contributed by atoms with Gasteiger partial charge in [0.05, 0.1) is 4.58 Å². The fourth-order valence-electron chi connectivity index (χ4n) is 0.751. The van der Waals surface area contributed by atoms with Gasteiger partial charge in [-0.05, 0) is 12.2 Å². The van der Waals surface area contributed by atoms with Gasteiger partial charge in [-0.25, -0.2) is 0 Å². The Morgan fingerprint density at radius 1 is 1.40 bits per heavy atom. The van der Waals surface area contributed by atoms with Crippen LogP contribution in [0.1, 0.15) is 27.2 Å². The molecule has 0 fully saturated rings. The molecule has 0 aromatic carbocycles. The minimum Gasteiger partial charge on any atom is -0.258 e. The summed E-state index contributed by atoms with van der Waals surface area (Å²) in [6.07, 6.45) is 1.03. The molecule has 10 heavy (non-hydrogen) atoms. The third-order valence-corrected chi connectivity index (χ3v) is 4.84. The van der Waals surface area contributed by atoms with Crippen molar-refractivity contribution in [3.63, 3.8) is 0 Å². The Bertz CT molecular complexity index is 104. The first kappa shape index (κ1) is 10.5. The molecule has 2 atom stereocenters. The van der Waals surface area contributed by atoms with Crippen LogP contribution in [0.3, 0.4) is 0 Å². The fraction of sp³-hybridized carbons (Fsp3) is 1.00. The summed E-state index contributed by atoms with van der Waals surface area (Å²) < 4.78 is 11.6. The van der Waals surface area contributed by atoms with E-state index in [-0.39, 0.29) is 0 Å². The highest BCUT2D eigenvalue weighted by molar-refractivity contribution is 8.11. The average Bonchev–Trinajstić information content (AvgIpc) is 1.99. The van der Waals surface area contributed by atoms with Crippen molar-refractivity contribution in [2.24, 2.45) is 0 Å². The summed E-state index contributed by atoms with van der Waals surface area (Å²) in [7, 11) is -0.602. The number of hydrogen-bond acceptors (Lipinski definition) is 2. The molecule has 0 saturated heterocycles. The summed E-state index contributed by atoms with van der Waals surface area (Å²) in [5.41, 5.74) is 0. The summed E-state index contributed by atoms with van der Waals surface area (Å²) in [5.74, 6) is 1.87. The summed E-state index contributed by atoms with van der Waals surface area (Å²) in [6, 6.07) is 0. The minimum atomic E-state index is -0.602. The first-order chi connectivity index (χ1) is 4.76. The topological polar surface area (TPSA) is 17.1 Å². The van der Waals surface area contributed by atoms with Gasteiger partial charge in [0.15, 0.2) is 0 Å². The van der Waals surface area contributed by atoms with Crippen LogP contribution in [0.4, 0.5) is 0 Å². The molecular weight excluding hydrogens is 164 g/mol. The van der Waals surface area contributed by atoms with E-state index in [2.05, 4.69) is 13.8 Å². The van der Waals surface area contributed by atoms with Gasteiger partial charge in [0.2, 0.25) is 0 Å². The van der Waals surface area contributed by atoms with Crippen molar-refractivity contribution in [2.45, 2.75) is 31.8 Å². The highest BCUT2D eigenvalue weighted by Gasteiger charge is 2.10. The van der Waals surface area contributed by atoms with Crippen molar-refractivity contribution in [2.75, 3.05) is 11.5 Å². The summed E-state index contributed by atoms with van der Waals surface area (Å²) in [4.78, 5) is 0. The average molecular weight is 180 g/mol. The van der Waals surface area contributed by atoms with Crippen molar-refractivity contribution in [3.05, 3.63) is 0 Å². The molecule has 0 aromatic rings. The van der Waals surface area contributed by atoms with Crippen LogP contribution in [0, 0.1) is 0 Å². The molecule has 0 aliphatic rings. The first-order valence-corrected chi connectivity index (χ1v) is 6.18. The van der Waals surface area contributed by atoms with E-state index < -0.39 is 10.8 Å². The predicted octanol–water partition coefficient (Wildman–Crippen LogP) is 2.24. The third-order valence-electron chi connectivity index (χ3n) is 1.26. The van der Waals surface area contributed by atoms with Gasteiger partial charge in [-0.15, -0.1) is 11.8 Å². The van der Waals surface area contributed by atoms with Crippen LogP contribution in [-0.4, -0.2) is 20.3 Å². The van der Waals surface area contributed by atoms with Crippen molar-refractivity contribution in [1.29, 1.82) is 0 Å². The van der Waals surface area contributed by atoms with E-state index in [1.54, 1.807) is 0 Å². The van der Waals surface area contributed by atoms with Gasteiger partial charge in [-0.2, -0.15) is 0 Å². The van der Waals surface area contributed by atoms with Crippen molar-refractivity contribution in [3.8, 4) is 0 Å². The van der Waals surface area contributed by atoms with E-state index in [4.69, 9.17) is 0 Å². The van der Waals surface area contributed by atoms with Crippen molar-refractivity contribution >= 4 is 22.6 Å². The second-order valence-corrected chi connectivity index (χ2v) is 5.65. The highest BCUT2D eigenvalue weighted by atomic mass is 32.2. The zero-order valence-corrected chi connectivity index (χ0v) is 8.56. The van der Waals surface area contributed by atoms with Crippen LogP contribution in [0.5, 0.6) is 0 Å². The monoisotopic (exact) mass is 180 g/mol. The predicted molar refractivity (Wildman–Crippen MR) is 50.9 cm³/mol. The third kappa shape index (κ3) is 3.62. The van der Waals surface area contributed by atoms with Crippen LogP contribution in [-0.2, 0) is 10.8 Å². The van der Waals surface area contributed by atoms with Gasteiger partial charge in [0.25, 0.3) is 0 Å². The van der Waals surface area contributed by atoms with Crippen LogP contribution in [0.25, 0.3) is 0 Å². The Balaban J connectivity index is 3.68. The smallest absolute Gasteiger partial charge is 0.0798 e. The first-order valence-electron chi connectivity index (χ1n) is 3.74. The van der Waals surface area contributed by atoms with E-state index in [0.717, 1.165) is 17.9 Å². The molecule has 62 valence electrons. The summed E-state index contributed by atoms with van der Waals surface area (Å²) in [5, 5.41) is 0. The lowest BCUT2D eigenvalue weighted by molar-refractivity contribution is 0.680. The molecule has 0 rings (SSSR count). The molecule has 0 amide bonds. The van der Waals surface area contributed by atoms with Gasteiger partial charge in [0.1, 0.15) is 0 Å². The van der Waals surface area contributed by atoms with E-state index in [1.165, 1.54) is 0 Å². The van der Waals surface area contributed by atoms with Crippen LogP contribution < -0.4 is 0 Å². The van der Waals surface area contributed by atoms with Crippen LogP contribution in [0.2, 0.25) is 0 Å². The number of hydrogen-bond donors (Lipinski definition) is 0. The van der Waals surface area contributed by atoms with E-state index in [1.807, 2.05) is 18.7 Å². The molecule has 0 heterocycles. The molecular formula is C7H16OS2. The lowest BCUT2D eigenvalue weighted by Gasteiger charge is -2.10. The zero-order chi connectivity index (χ0) is 7.98. The Hall–Kier alpha value is 0.500. The quantitative estimate of drug-likeness (QED) is 0.645. The summed E-state index contributed by atoms with van der Waals surface area (Å²) >= 11 is 1.81. The molecule has 0 spiro atoms. The maximum Gasteiger partial charge on any atom is 0.0798 e. The Morgan fingerprint density at radius 3 is 2.30 bits per heavy atom. The van der Waals surface area contributed by atoms with Gasteiger partial charge in [0, 0.05) is 16.6 Å². The second kappa shape index (κ2) is 6.23. The van der Waals surface area contributed by atoms with Crippen LogP contribution in [0.15, 0.2) is 0 Å². The molecule has 0 radical (unpaired) electrons. The van der Waals surface area contributed by atoms with E-state index in [9.17, 15) is 4.21 Å². The Kier molecular flexibility index (Phi) is 6.54. The normalized spacial score (nSPS) is 16.7. The molecule has 1 nitrogen and oxygen atoms in total. The minimum absolute atomic E-state index is 0.370. The largest absolute Gasteiger partial charge is 0.258 e. The molecule has 2 unspecified atom stereocenters. The van der Waals surface area contributed by atoms with E-state index in [0.29, 0.717) is 4.58 Å². The van der Waals surface area contributed by atoms with E-state index >= 15 is 0 Å². The van der Waals surface area contributed by atoms with Gasteiger partial charge >= 0.3 is 0 Å². The maximum absolute atomic E-state index is 11.2. The Labute approximate surface area is 70.4 Å². The molecule has 0 aromatic heterocycles. The second-order valence-electron chi connectivity index (χ2n) is 1.96. The molecule has 0 bridgehead atoms. The lowest BCUT2D eigenvalue weighted by atomic mass is 10.6. The van der Waals surface area contributed by atoms with Gasteiger partial charge < -0.3 is 0 Å². The molecule has 0 aliphatic heterocycles. The number of rotatable bonds is 5. The van der Waals surface area contributed by atoms with Crippen molar-refractivity contribution in [1.82, 2.24) is 0 Å². The standard InChI is InChI=1S/C7H16OS2/c1-4-7(9-5-2)10(8)6-3/h7H,4-6H2,1-3H3. The van der Waals surface area contributed by atoms with Crippen molar-refractivity contribution < 1.29 is 4.21 Å². The lowest BCUT2D eigenvalue weighted by Crippen LogP contribution is -2.11. The molecule has 0 saturated carbocycles. The van der Waals surface area contributed by atoms with Crippen LogP contribution >= 0.6 is 11.8 Å². The zero-order valence-electron chi connectivity index (χ0n) is 6.92. The Morgan fingerprint density at radius 2 is 2.00 bits per heavy atom. The van der Waals surface area contributed by atoms with Gasteiger partial charge in [-0.1, -0.05) is 20.8 Å². The fourth-order valence-corrected chi connectivity index (χ4v) is 3.53.